The molecule has 0 fully saturated rings. The fourth-order valence-corrected chi connectivity index (χ4v) is 0.776. The summed E-state index contributed by atoms with van der Waals surface area (Å²) in [7, 11) is 0. The van der Waals surface area contributed by atoms with Crippen molar-refractivity contribution in [2.45, 2.75) is 18.2 Å². The zero-order valence-corrected chi connectivity index (χ0v) is 6.43. The van der Waals surface area contributed by atoms with Gasteiger partial charge in [0.1, 0.15) is 0 Å². The molecule has 0 atom stereocenters. The minimum absolute atomic E-state index is 0.677. The molecule has 0 aromatic carbocycles. The molecule has 0 rings (SSSR count). The fraction of sp³-hybridized carbons (Fsp3) is 0.750. The van der Waals surface area contributed by atoms with Gasteiger partial charge in [-0.25, -0.2) is 44.8 Å². The molecule has 0 radical (unpaired) electrons. The predicted molar refractivity (Wildman–Crippen MR) is 29.5 cm³/mol. The minimum Gasteiger partial charge on any atom is -0.249 e. The normalized spacial score (nSPS) is 14.9. The minimum atomic E-state index is -7.12. The van der Waals surface area contributed by atoms with Crippen LogP contribution in [0.3, 0.4) is 0 Å². The summed E-state index contributed by atoms with van der Waals surface area (Å²) in [4.78, 5) is 0. The number of alkyl halides is 9. The lowest BCUT2D eigenvalue weighted by Gasteiger charge is -2.38. The van der Waals surface area contributed by atoms with E-state index in [9.17, 15) is 39.5 Å². The van der Waals surface area contributed by atoms with Gasteiger partial charge in [0.05, 0.1) is 0 Å². The molecule has 0 heterocycles. The maximum Gasteiger partial charge on any atom is 0.436 e. The zero-order chi connectivity index (χ0) is 12.7. The van der Waals surface area contributed by atoms with Gasteiger partial charge in [0.15, 0.2) is 0 Å². The van der Waals surface area contributed by atoms with E-state index < -0.39 is 30.3 Å². The maximum absolute atomic E-state index is 11.7. The van der Waals surface area contributed by atoms with Crippen LogP contribution in [-0.4, -0.2) is 24.4 Å². The Morgan fingerprint density at radius 2 is 0.867 bits per heavy atom. The second kappa shape index (κ2) is 3.21. The highest BCUT2D eigenvalue weighted by molar-refractivity contribution is 6.91. The Balaban J connectivity index is 5.93. The summed E-state index contributed by atoms with van der Waals surface area (Å²) in [5.74, 6) is -0.677. The van der Waals surface area contributed by atoms with Gasteiger partial charge in [-0.1, -0.05) is 0 Å². The first-order valence-electron chi connectivity index (χ1n) is 3.08. The lowest BCUT2D eigenvalue weighted by molar-refractivity contribution is -0.159. The van der Waals surface area contributed by atoms with Gasteiger partial charge >= 0.3 is 6.15 Å². The molecule has 0 aliphatic rings. The van der Waals surface area contributed by atoms with Gasteiger partial charge in [-0.3, -0.25) is 0 Å². The van der Waals surface area contributed by atoms with E-state index >= 15 is 0 Å². The zero-order valence-electron chi connectivity index (χ0n) is 6.43. The van der Waals surface area contributed by atoms with Gasteiger partial charge < -0.3 is 0 Å². The highest BCUT2D eigenvalue weighted by atomic mass is 19.4. The van der Waals surface area contributed by atoms with Gasteiger partial charge in [0.2, 0.25) is 0 Å². The summed E-state index contributed by atoms with van der Waals surface area (Å²) in [6.07, 6.45) is -27.3. The molecule has 0 saturated heterocycles. The van der Waals surface area contributed by atoms with Crippen LogP contribution in [0.25, 0.3) is 0 Å². The molecule has 1 nitrogen and oxygen atoms in total. The van der Waals surface area contributed by atoms with E-state index in [4.69, 9.17) is 5.26 Å². The van der Waals surface area contributed by atoms with Crippen molar-refractivity contribution in [3.05, 3.63) is 0 Å². The van der Waals surface area contributed by atoms with Crippen molar-refractivity contribution in [2.75, 3.05) is 0 Å². The van der Waals surface area contributed by atoms with E-state index in [1.807, 2.05) is 0 Å². The Morgan fingerprint density at radius 1 is 0.667 bits per heavy atom. The molecule has 0 aromatic rings. The van der Waals surface area contributed by atoms with Gasteiger partial charge in [0, 0.05) is 0 Å². The topological polar surface area (TPSA) is 23.8 Å². The van der Waals surface area contributed by atoms with E-state index in [2.05, 4.69) is 0 Å². The highest BCUT2D eigenvalue weighted by Crippen LogP contribution is 2.49. The van der Waals surface area contributed by atoms with Crippen LogP contribution in [0.5, 0.6) is 0 Å². The molecular formula is C4BF9N-. The first-order valence-corrected chi connectivity index (χ1v) is 3.08. The van der Waals surface area contributed by atoms with Gasteiger partial charge in [-0.15, -0.1) is 5.97 Å². The molecule has 0 amide bonds. The third kappa shape index (κ3) is 1.84. The number of hydrogen-bond donors (Lipinski definition) is 0. The van der Waals surface area contributed by atoms with Crippen molar-refractivity contribution in [1.82, 2.24) is 0 Å². The Bertz CT molecular complexity index is 240. The van der Waals surface area contributed by atoms with Crippen LogP contribution in [0, 0.1) is 11.2 Å². The first-order chi connectivity index (χ1) is 6.31. The summed E-state index contributed by atoms with van der Waals surface area (Å²) in [6, 6.07) is 0. The molecule has 0 bridgehead atoms. The Morgan fingerprint density at radius 3 is 0.867 bits per heavy atom. The summed E-state index contributed by atoms with van der Waals surface area (Å²) in [5.41, 5.74) is 0. The smallest absolute Gasteiger partial charge is 0.249 e. The van der Waals surface area contributed by atoms with Gasteiger partial charge in [0.25, 0.3) is 18.2 Å². The number of nitrogens with zero attached hydrogens (tertiary/aromatic N) is 1. The van der Waals surface area contributed by atoms with Crippen molar-refractivity contribution >= 4 is 6.15 Å². The lowest BCUT2D eigenvalue weighted by Crippen LogP contribution is -2.71. The summed E-state index contributed by atoms with van der Waals surface area (Å²) >= 11 is 0. The van der Waals surface area contributed by atoms with Crippen LogP contribution >= 0.6 is 0 Å². The third-order valence-electron chi connectivity index (χ3n) is 1.67. The van der Waals surface area contributed by atoms with Crippen LogP contribution in [0.2, 0.25) is 0 Å². The Kier molecular flexibility index (Phi) is 2.98. The number of hydrogen-bond acceptors (Lipinski definition) is 1. The van der Waals surface area contributed by atoms with E-state index in [0.717, 1.165) is 0 Å². The SMILES string of the molecule is N#C[B-](C(F)(F)F)(C(F)(F)F)C(F)(F)F. The monoisotopic (exact) mass is 244 g/mol. The number of rotatable bonds is 0. The predicted octanol–water partition coefficient (Wildman–Crippen LogP) is 2.80. The lowest BCUT2D eigenvalue weighted by atomic mass is 9.23. The van der Waals surface area contributed by atoms with Crippen molar-refractivity contribution in [2.24, 2.45) is 0 Å². The number of nitriles is 1. The first kappa shape index (κ1) is 13.9. The van der Waals surface area contributed by atoms with Crippen LogP contribution in [0.15, 0.2) is 0 Å². The van der Waals surface area contributed by atoms with E-state index in [1.165, 1.54) is 0 Å². The Hall–Kier alpha value is -1.08. The fourth-order valence-electron chi connectivity index (χ4n) is 0.776. The molecular weight excluding hydrogens is 244 g/mol. The van der Waals surface area contributed by atoms with E-state index in [-0.39, 0.29) is 0 Å². The van der Waals surface area contributed by atoms with Crippen LogP contribution in [0.4, 0.5) is 39.5 Å². The molecule has 0 aliphatic heterocycles. The Labute approximate surface area is 76.4 Å². The van der Waals surface area contributed by atoms with E-state index in [0.29, 0.717) is 0 Å². The van der Waals surface area contributed by atoms with Crippen molar-refractivity contribution in [1.29, 1.82) is 5.26 Å². The van der Waals surface area contributed by atoms with Crippen LogP contribution < -0.4 is 0 Å². The molecule has 0 saturated carbocycles. The van der Waals surface area contributed by atoms with Crippen molar-refractivity contribution < 1.29 is 39.5 Å². The highest BCUT2D eigenvalue weighted by Gasteiger charge is 2.80. The molecule has 11 heteroatoms. The van der Waals surface area contributed by atoms with Crippen LogP contribution in [-0.2, 0) is 0 Å². The average Bonchev–Trinajstić information content (AvgIpc) is 1.76. The van der Waals surface area contributed by atoms with Gasteiger partial charge in [-0.2, -0.15) is 0 Å². The second-order valence-corrected chi connectivity index (χ2v) is 2.62. The number of halogens is 9. The molecule has 0 aliphatic carbocycles. The molecule has 0 aromatic heterocycles. The van der Waals surface area contributed by atoms with Crippen molar-refractivity contribution in [3.63, 3.8) is 0 Å². The third-order valence-corrected chi connectivity index (χ3v) is 1.67. The largest absolute Gasteiger partial charge is 0.436 e. The molecule has 0 unspecified atom stereocenters. The molecule has 0 N–H and O–H groups in total. The maximum atomic E-state index is 11.7. The second-order valence-electron chi connectivity index (χ2n) is 2.62. The van der Waals surface area contributed by atoms with Gasteiger partial charge in [-0.05, 0) is 0 Å². The quantitative estimate of drug-likeness (QED) is 0.474. The molecule has 15 heavy (non-hydrogen) atoms. The van der Waals surface area contributed by atoms with Crippen LogP contribution in [0.1, 0.15) is 0 Å². The standard InChI is InChI=1S/C4BF9N/c6-2(7,8)5(1-15,3(9,10)11)4(12,13)14/q-1. The van der Waals surface area contributed by atoms with Crippen molar-refractivity contribution in [3.8, 4) is 5.97 Å². The molecule has 88 valence electrons. The summed E-state index contributed by atoms with van der Waals surface area (Å²) < 4.78 is 106. The van der Waals surface area contributed by atoms with E-state index in [1.54, 1.807) is 0 Å². The molecule has 0 spiro atoms. The summed E-state index contributed by atoms with van der Waals surface area (Å²) in [6.45, 7) is 0. The average molecular weight is 244 g/mol. The summed E-state index contributed by atoms with van der Waals surface area (Å²) in [5, 5.41) is 7.60.